The lowest BCUT2D eigenvalue weighted by Crippen LogP contribution is -1.89. The van der Waals surface area contributed by atoms with Crippen molar-refractivity contribution in [3.63, 3.8) is 0 Å². The summed E-state index contributed by atoms with van der Waals surface area (Å²) in [6.45, 7) is 0. The molecule has 11 aromatic carbocycles. The zero-order chi connectivity index (χ0) is 31.8. The first-order chi connectivity index (χ1) is 24.3. The highest BCUT2D eigenvalue weighted by Gasteiger charge is 2.20. The Balaban J connectivity index is 1.14. The summed E-state index contributed by atoms with van der Waals surface area (Å²) in [6.07, 6.45) is 0. The van der Waals surface area contributed by atoms with Gasteiger partial charge in [0.1, 0.15) is 0 Å². The largest absolute Gasteiger partial charge is 0.134 e. The first kappa shape index (κ1) is 26.0. The molecule has 12 rings (SSSR count). The van der Waals surface area contributed by atoms with Crippen molar-refractivity contribution < 1.29 is 0 Å². The molecule has 0 atom stereocenters. The van der Waals surface area contributed by atoms with Gasteiger partial charge in [-0.15, -0.1) is 11.3 Å². The van der Waals surface area contributed by atoms with Gasteiger partial charge in [0.25, 0.3) is 0 Å². The fourth-order valence-electron chi connectivity index (χ4n) is 8.95. The Hall–Kier alpha value is -6.02. The maximum Gasteiger partial charge on any atom is 0.0440 e. The Labute approximate surface area is 285 Å². The Morgan fingerprint density at radius 2 is 0.878 bits per heavy atom. The van der Waals surface area contributed by atoms with Gasteiger partial charge >= 0.3 is 0 Å². The summed E-state index contributed by atoms with van der Waals surface area (Å²) in [5.41, 5.74) is 5.14. The third-order valence-electron chi connectivity index (χ3n) is 11.1. The first-order valence-corrected chi connectivity index (χ1v) is 17.8. The lowest BCUT2D eigenvalue weighted by molar-refractivity contribution is 1.71. The van der Waals surface area contributed by atoms with Crippen LogP contribution in [0.1, 0.15) is 0 Å². The average molecular weight is 635 g/mol. The molecule has 1 heterocycles. The SMILES string of the molecule is c1ccc2cc(-c3cc4cccc5c6c7ccc(-c8ccc9ccc%10cccc%11ccc8c9c%10%11)cc7sc6c6cccc3c6c45)ccc2c1. The minimum Gasteiger partial charge on any atom is -0.134 e. The van der Waals surface area contributed by atoms with Gasteiger partial charge in [-0.25, -0.2) is 0 Å². The fraction of sp³-hybridized carbons (Fsp3) is 0. The molecule has 0 spiro atoms. The standard InChI is InChI=1S/C48H26S/c1-2-7-31-24-32(17-14-27(31)6-1)41-25-34-10-4-12-39-45(34)46-36(41)11-5-13-40(46)48-47(39)38-23-20-33(26-42(38)49-48)35-21-18-30-16-15-28-8-3-9-29-19-22-37(35)44(30)43(28)29/h1-26H. The summed E-state index contributed by atoms with van der Waals surface area (Å²) in [4.78, 5) is 0. The van der Waals surface area contributed by atoms with E-state index in [9.17, 15) is 0 Å². The van der Waals surface area contributed by atoms with Crippen molar-refractivity contribution in [2.24, 2.45) is 0 Å². The van der Waals surface area contributed by atoms with Crippen LogP contribution in [0.25, 0.3) is 118 Å². The van der Waals surface area contributed by atoms with Gasteiger partial charge in [-0.05, 0) is 110 Å². The molecule has 0 nitrogen and oxygen atoms in total. The lowest BCUT2D eigenvalue weighted by atomic mass is 9.87. The summed E-state index contributed by atoms with van der Waals surface area (Å²) in [5.74, 6) is 0. The molecule has 224 valence electrons. The summed E-state index contributed by atoms with van der Waals surface area (Å²) >= 11 is 1.95. The summed E-state index contributed by atoms with van der Waals surface area (Å²) < 4.78 is 2.72. The van der Waals surface area contributed by atoms with Crippen LogP contribution in [-0.4, -0.2) is 0 Å². The maximum absolute atomic E-state index is 2.44. The van der Waals surface area contributed by atoms with Crippen molar-refractivity contribution in [3.8, 4) is 22.3 Å². The second-order valence-corrected chi connectivity index (χ2v) is 14.7. The monoisotopic (exact) mass is 634 g/mol. The minimum atomic E-state index is 1.27. The van der Waals surface area contributed by atoms with Crippen LogP contribution in [0.2, 0.25) is 0 Å². The number of thiophene rings is 1. The van der Waals surface area contributed by atoms with Crippen molar-refractivity contribution in [2.45, 2.75) is 0 Å². The molecule has 1 aromatic heterocycles. The van der Waals surface area contributed by atoms with Crippen LogP contribution in [0.15, 0.2) is 158 Å². The summed E-state index contributed by atoms with van der Waals surface area (Å²) in [6, 6.07) is 59.4. The van der Waals surface area contributed by atoms with Crippen LogP contribution >= 0.6 is 11.3 Å². The third-order valence-corrected chi connectivity index (χ3v) is 12.3. The molecule has 0 bridgehead atoms. The zero-order valence-electron chi connectivity index (χ0n) is 26.4. The van der Waals surface area contributed by atoms with E-state index in [1.165, 1.54) is 118 Å². The van der Waals surface area contributed by atoms with Crippen molar-refractivity contribution in [1.82, 2.24) is 0 Å². The van der Waals surface area contributed by atoms with Gasteiger partial charge < -0.3 is 0 Å². The van der Waals surface area contributed by atoms with Crippen molar-refractivity contribution in [1.29, 1.82) is 0 Å². The van der Waals surface area contributed by atoms with E-state index in [1.807, 2.05) is 11.3 Å². The van der Waals surface area contributed by atoms with Gasteiger partial charge in [0.2, 0.25) is 0 Å². The van der Waals surface area contributed by atoms with Gasteiger partial charge in [0, 0.05) is 25.6 Å². The van der Waals surface area contributed by atoms with Crippen LogP contribution in [0.3, 0.4) is 0 Å². The van der Waals surface area contributed by atoms with Crippen molar-refractivity contribution in [3.05, 3.63) is 158 Å². The van der Waals surface area contributed by atoms with Gasteiger partial charge in [-0.2, -0.15) is 0 Å². The van der Waals surface area contributed by atoms with Crippen LogP contribution in [0.5, 0.6) is 0 Å². The Morgan fingerprint density at radius 3 is 1.80 bits per heavy atom. The molecular weight excluding hydrogens is 609 g/mol. The maximum atomic E-state index is 2.44. The van der Waals surface area contributed by atoms with E-state index in [0.29, 0.717) is 0 Å². The number of rotatable bonds is 2. The zero-order valence-corrected chi connectivity index (χ0v) is 27.2. The summed E-state index contributed by atoms with van der Waals surface area (Å²) in [7, 11) is 0. The van der Waals surface area contributed by atoms with Crippen molar-refractivity contribution in [2.75, 3.05) is 0 Å². The molecular formula is C48H26S. The first-order valence-electron chi connectivity index (χ1n) is 17.0. The van der Waals surface area contributed by atoms with Gasteiger partial charge in [-0.3, -0.25) is 0 Å². The normalized spacial score (nSPS) is 12.5. The molecule has 49 heavy (non-hydrogen) atoms. The van der Waals surface area contributed by atoms with Crippen LogP contribution < -0.4 is 0 Å². The number of fused-ring (bicyclic) bond motifs is 6. The van der Waals surface area contributed by atoms with Crippen LogP contribution in [-0.2, 0) is 0 Å². The molecule has 0 saturated heterocycles. The van der Waals surface area contributed by atoms with E-state index in [0.717, 1.165) is 0 Å². The molecule has 12 aromatic rings. The van der Waals surface area contributed by atoms with E-state index in [2.05, 4.69) is 158 Å². The van der Waals surface area contributed by atoms with Gasteiger partial charge in [0.05, 0.1) is 0 Å². The fourth-order valence-corrected chi connectivity index (χ4v) is 10.2. The molecule has 0 aliphatic rings. The average Bonchev–Trinajstić information content (AvgIpc) is 3.55. The van der Waals surface area contributed by atoms with Gasteiger partial charge in [0.15, 0.2) is 0 Å². The molecule has 0 radical (unpaired) electrons. The predicted molar refractivity (Wildman–Crippen MR) is 215 cm³/mol. The second-order valence-electron chi connectivity index (χ2n) is 13.6. The molecule has 0 aliphatic heterocycles. The topological polar surface area (TPSA) is 0 Å². The minimum absolute atomic E-state index is 1.27. The Kier molecular flexibility index (Phi) is 4.94. The van der Waals surface area contributed by atoms with E-state index >= 15 is 0 Å². The molecule has 0 aliphatic carbocycles. The highest BCUT2D eigenvalue weighted by atomic mass is 32.1. The molecule has 0 amide bonds. The Morgan fingerprint density at radius 1 is 0.286 bits per heavy atom. The molecule has 0 saturated carbocycles. The van der Waals surface area contributed by atoms with E-state index in [1.54, 1.807) is 0 Å². The lowest BCUT2D eigenvalue weighted by Gasteiger charge is -2.16. The number of hydrogen-bond donors (Lipinski definition) is 0. The molecule has 0 fully saturated rings. The highest BCUT2D eigenvalue weighted by molar-refractivity contribution is 7.27. The number of benzene rings is 11. The number of hydrogen-bond acceptors (Lipinski definition) is 1. The molecule has 1 heteroatoms. The van der Waals surface area contributed by atoms with E-state index in [4.69, 9.17) is 0 Å². The van der Waals surface area contributed by atoms with E-state index < -0.39 is 0 Å². The van der Waals surface area contributed by atoms with Crippen LogP contribution in [0, 0.1) is 0 Å². The van der Waals surface area contributed by atoms with Crippen molar-refractivity contribution >= 4 is 107 Å². The quantitative estimate of drug-likeness (QED) is 0.166. The molecule has 0 unspecified atom stereocenters. The van der Waals surface area contributed by atoms with E-state index in [-0.39, 0.29) is 0 Å². The van der Waals surface area contributed by atoms with Gasteiger partial charge in [-0.1, -0.05) is 140 Å². The summed E-state index contributed by atoms with van der Waals surface area (Å²) in [5, 5.41) is 21.3. The second kappa shape index (κ2) is 9.32. The molecule has 0 N–H and O–H groups in total. The predicted octanol–water partition coefficient (Wildman–Crippen LogP) is 14.3. The highest BCUT2D eigenvalue weighted by Crippen LogP contribution is 2.50. The smallest absolute Gasteiger partial charge is 0.0440 e. The Bertz CT molecular complexity index is 3310. The third kappa shape index (κ3) is 3.42. The van der Waals surface area contributed by atoms with Crippen LogP contribution in [0.4, 0.5) is 0 Å².